The monoisotopic (exact) mass is 288 g/mol. The Morgan fingerprint density at radius 3 is 2.65 bits per heavy atom. The van der Waals surface area contributed by atoms with E-state index in [1.54, 1.807) is 0 Å². The molecule has 0 saturated heterocycles. The minimum Gasteiger partial charge on any atom is -0.307 e. The lowest BCUT2D eigenvalue weighted by Gasteiger charge is -2.19. The summed E-state index contributed by atoms with van der Waals surface area (Å²) in [5.41, 5.74) is 0. The van der Waals surface area contributed by atoms with Crippen LogP contribution in [-0.4, -0.2) is 40.1 Å². The molecule has 1 unspecified atom stereocenters. The number of imidazole rings is 1. The van der Waals surface area contributed by atoms with Crippen LogP contribution in [0.25, 0.3) is 0 Å². The SMILES string of the molecule is CCN(CC)CCCC(C)NCc1nccn1C(F)F. The molecular weight excluding hydrogens is 262 g/mol. The molecular formula is C14H26F2N4. The highest BCUT2D eigenvalue weighted by Crippen LogP contribution is 2.12. The van der Waals surface area contributed by atoms with Gasteiger partial charge in [0.05, 0.1) is 6.54 Å². The maximum atomic E-state index is 12.6. The van der Waals surface area contributed by atoms with Gasteiger partial charge in [0.25, 0.3) is 0 Å². The predicted octanol–water partition coefficient (Wildman–Crippen LogP) is 2.88. The van der Waals surface area contributed by atoms with Crippen molar-refractivity contribution in [3.05, 3.63) is 18.2 Å². The van der Waals surface area contributed by atoms with Crippen molar-refractivity contribution in [3.63, 3.8) is 0 Å². The summed E-state index contributed by atoms with van der Waals surface area (Å²) in [7, 11) is 0. The smallest absolute Gasteiger partial charge is 0.307 e. The van der Waals surface area contributed by atoms with E-state index in [1.807, 2.05) is 0 Å². The predicted molar refractivity (Wildman–Crippen MR) is 76.8 cm³/mol. The Kier molecular flexibility index (Phi) is 7.69. The Balaban J connectivity index is 2.26. The molecule has 0 aliphatic heterocycles. The zero-order valence-corrected chi connectivity index (χ0v) is 12.6. The molecule has 0 aromatic carbocycles. The van der Waals surface area contributed by atoms with E-state index in [0.29, 0.717) is 18.4 Å². The first-order valence-electron chi connectivity index (χ1n) is 7.34. The van der Waals surface area contributed by atoms with Crippen molar-refractivity contribution in [2.45, 2.75) is 52.7 Å². The van der Waals surface area contributed by atoms with Gasteiger partial charge in [0.1, 0.15) is 5.82 Å². The Hall–Kier alpha value is -1.01. The standard InChI is InChI=1S/C14H26F2N4/c1-4-19(5-2)9-6-7-12(3)18-11-13-17-8-10-20(13)14(15)16/h8,10,12,14,18H,4-7,9,11H2,1-3H3. The lowest BCUT2D eigenvalue weighted by molar-refractivity contribution is 0.0664. The Labute approximate surface area is 120 Å². The van der Waals surface area contributed by atoms with Crippen molar-refractivity contribution in [1.82, 2.24) is 19.8 Å². The van der Waals surface area contributed by atoms with E-state index in [1.165, 1.54) is 12.4 Å². The van der Waals surface area contributed by atoms with E-state index in [0.717, 1.165) is 37.0 Å². The second kappa shape index (κ2) is 9.02. The lowest BCUT2D eigenvalue weighted by Crippen LogP contribution is -2.29. The number of hydrogen-bond acceptors (Lipinski definition) is 3. The zero-order chi connectivity index (χ0) is 15.0. The first-order valence-corrected chi connectivity index (χ1v) is 7.34. The van der Waals surface area contributed by atoms with Gasteiger partial charge in [0, 0.05) is 18.4 Å². The van der Waals surface area contributed by atoms with E-state index in [4.69, 9.17) is 0 Å². The normalized spacial score (nSPS) is 13.3. The van der Waals surface area contributed by atoms with Gasteiger partial charge in [-0.05, 0) is 39.4 Å². The van der Waals surface area contributed by atoms with Crippen molar-refractivity contribution in [1.29, 1.82) is 0 Å². The van der Waals surface area contributed by atoms with Gasteiger partial charge in [0.2, 0.25) is 0 Å². The van der Waals surface area contributed by atoms with Gasteiger partial charge in [0.15, 0.2) is 0 Å². The molecule has 0 radical (unpaired) electrons. The molecule has 0 aliphatic rings. The van der Waals surface area contributed by atoms with E-state index < -0.39 is 6.55 Å². The summed E-state index contributed by atoms with van der Waals surface area (Å²) in [6.07, 6.45) is 4.87. The molecule has 20 heavy (non-hydrogen) atoms. The third-order valence-corrected chi connectivity index (χ3v) is 3.57. The van der Waals surface area contributed by atoms with Gasteiger partial charge in [-0.1, -0.05) is 13.8 Å². The minimum atomic E-state index is -2.52. The highest BCUT2D eigenvalue weighted by molar-refractivity contribution is 4.92. The summed E-state index contributed by atoms with van der Waals surface area (Å²) in [4.78, 5) is 6.34. The van der Waals surface area contributed by atoms with Gasteiger partial charge >= 0.3 is 6.55 Å². The van der Waals surface area contributed by atoms with Crippen molar-refractivity contribution >= 4 is 0 Å². The molecule has 1 heterocycles. The number of hydrogen-bond donors (Lipinski definition) is 1. The summed E-state index contributed by atoms with van der Waals surface area (Å²) in [5, 5.41) is 3.25. The van der Waals surface area contributed by atoms with E-state index in [9.17, 15) is 8.78 Å². The quantitative estimate of drug-likeness (QED) is 0.718. The molecule has 0 aliphatic carbocycles. The number of nitrogens with one attached hydrogen (secondary N) is 1. The van der Waals surface area contributed by atoms with Crippen LogP contribution in [0.15, 0.2) is 12.4 Å². The average Bonchev–Trinajstić information content (AvgIpc) is 2.90. The molecule has 4 nitrogen and oxygen atoms in total. The van der Waals surface area contributed by atoms with Crippen molar-refractivity contribution in [2.75, 3.05) is 19.6 Å². The molecule has 0 fully saturated rings. The lowest BCUT2D eigenvalue weighted by atomic mass is 10.1. The summed E-state index contributed by atoms with van der Waals surface area (Å²) in [6.45, 7) is 7.50. The van der Waals surface area contributed by atoms with Crippen LogP contribution in [0.5, 0.6) is 0 Å². The fourth-order valence-corrected chi connectivity index (χ4v) is 2.19. The van der Waals surface area contributed by atoms with Crippen LogP contribution in [0, 0.1) is 0 Å². The molecule has 0 amide bonds. The van der Waals surface area contributed by atoms with E-state index in [2.05, 4.69) is 36.0 Å². The summed E-state index contributed by atoms with van der Waals surface area (Å²) < 4.78 is 26.2. The molecule has 6 heteroatoms. The van der Waals surface area contributed by atoms with Crippen molar-refractivity contribution in [2.24, 2.45) is 0 Å². The number of aromatic nitrogens is 2. The minimum absolute atomic E-state index is 0.299. The van der Waals surface area contributed by atoms with Crippen molar-refractivity contribution in [3.8, 4) is 0 Å². The first-order chi connectivity index (χ1) is 9.58. The number of alkyl halides is 2. The average molecular weight is 288 g/mol. The van der Waals surface area contributed by atoms with Gasteiger partial charge < -0.3 is 10.2 Å². The molecule has 0 spiro atoms. The number of halogens is 2. The summed E-state index contributed by atoms with van der Waals surface area (Å²) >= 11 is 0. The van der Waals surface area contributed by atoms with Crippen LogP contribution < -0.4 is 5.32 Å². The summed E-state index contributed by atoms with van der Waals surface area (Å²) in [6, 6.07) is 0.299. The van der Waals surface area contributed by atoms with E-state index in [-0.39, 0.29) is 0 Å². The fourth-order valence-electron chi connectivity index (χ4n) is 2.19. The molecule has 0 bridgehead atoms. The topological polar surface area (TPSA) is 33.1 Å². The Bertz CT molecular complexity index is 364. The highest BCUT2D eigenvalue weighted by Gasteiger charge is 2.12. The molecule has 1 rings (SSSR count). The highest BCUT2D eigenvalue weighted by atomic mass is 19.3. The molecule has 1 N–H and O–H groups in total. The van der Waals surface area contributed by atoms with E-state index >= 15 is 0 Å². The van der Waals surface area contributed by atoms with Crippen LogP contribution in [0.1, 0.15) is 46.0 Å². The number of rotatable bonds is 10. The zero-order valence-electron chi connectivity index (χ0n) is 12.6. The summed E-state index contributed by atoms with van der Waals surface area (Å²) in [5.74, 6) is 0.385. The largest absolute Gasteiger partial charge is 0.319 e. The van der Waals surface area contributed by atoms with Crippen LogP contribution in [0.2, 0.25) is 0 Å². The van der Waals surface area contributed by atoms with Crippen LogP contribution in [0.3, 0.4) is 0 Å². The van der Waals surface area contributed by atoms with Crippen LogP contribution in [0.4, 0.5) is 8.78 Å². The van der Waals surface area contributed by atoms with Gasteiger partial charge in [-0.15, -0.1) is 0 Å². The van der Waals surface area contributed by atoms with Gasteiger partial charge in [-0.2, -0.15) is 8.78 Å². The fraction of sp³-hybridized carbons (Fsp3) is 0.786. The Morgan fingerprint density at radius 1 is 1.35 bits per heavy atom. The van der Waals surface area contributed by atoms with Gasteiger partial charge in [-0.25, -0.2) is 4.98 Å². The molecule has 1 aromatic rings. The third kappa shape index (κ3) is 5.54. The second-order valence-corrected chi connectivity index (χ2v) is 4.98. The molecule has 116 valence electrons. The van der Waals surface area contributed by atoms with Crippen LogP contribution >= 0.6 is 0 Å². The van der Waals surface area contributed by atoms with Gasteiger partial charge in [-0.3, -0.25) is 4.57 Å². The molecule has 1 atom stereocenters. The third-order valence-electron chi connectivity index (χ3n) is 3.57. The molecule has 0 saturated carbocycles. The van der Waals surface area contributed by atoms with Crippen molar-refractivity contribution < 1.29 is 8.78 Å². The Morgan fingerprint density at radius 2 is 2.05 bits per heavy atom. The number of nitrogens with zero attached hydrogens (tertiary/aromatic N) is 3. The first kappa shape index (κ1) is 17.0. The molecule has 1 aromatic heterocycles. The maximum absolute atomic E-state index is 12.6. The second-order valence-electron chi connectivity index (χ2n) is 4.98. The maximum Gasteiger partial charge on any atom is 0.319 e. The van der Waals surface area contributed by atoms with Crippen LogP contribution in [-0.2, 0) is 6.54 Å².